The molecule has 2 saturated heterocycles. The first kappa shape index (κ1) is 11.5. The number of rotatable bonds is 1. The first-order valence-corrected chi connectivity index (χ1v) is 6.20. The van der Waals surface area contributed by atoms with E-state index in [4.69, 9.17) is 14.7 Å². The minimum absolute atomic E-state index is 0.370. The molecular weight excluding hydrogens is 230 g/mol. The van der Waals surface area contributed by atoms with Crippen molar-refractivity contribution in [3.8, 4) is 6.07 Å². The van der Waals surface area contributed by atoms with Crippen molar-refractivity contribution in [2.24, 2.45) is 0 Å². The average molecular weight is 245 g/mol. The maximum absolute atomic E-state index is 9.10. The normalized spacial score (nSPS) is 22.1. The van der Waals surface area contributed by atoms with Crippen molar-refractivity contribution >= 4 is 5.69 Å². The van der Waals surface area contributed by atoms with E-state index in [1.165, 1.54) is 0 Å². The molecule has 0 radical (unpaired) electrons. The summed E-state index contributed by atoms with van der Waals surface area (Å²) in [5.74, 6) is -0.370. The van der Waals surface area contributed by atoms with Gasteiger partial charge in [0.1, 0.15) is 6.07 Å². The van der Waals surface area contributed by atoms with Crippen LogP contribution in [0.15, 0.2) is 18.5 Å². The fourth-order valence-corrected chi connectivity index (χ4v) is 2.61. The zero-order chi connectivity index (χ0) is 12.4. The number of hydrogen-bond donors (Lipinski definition) is 0. The molecule has 0 bridgehead atoms. The van der Waals surface area contributed by atoms with Gasteiger partial charge in [0.2, 0.25) is 0 Å². The summed E-state index contributed by atoms with van der Waals surface area (Å²) in [7, 11) is 0. The zero-order valence-corrected chi connectivity index (χ0v) is 10.1. The van der Waals surface area contributed by atoms with E-state index >= 15 is 0 Å². The molecule has 18 heavy (non-hydrogen) atoms. The molecule has 0 saturated carbocycles. The molecule has 0 N–H and O–H groups in total. The summed E-state index contributed by atoms with van der Waals surface area (Å²) in [5, 5.41) is 9.10. The van der Waals surface area contributed by atoms with E-state index in [1.807, 2.05) is 0 Å². The first-order valence-electron chi connectivity index (χ1n) is 6.20. The lowest BCUT2D eigenvalue weighted by atomic mass is 10.0. The lowest BCUT2D eigenvalue weighted by Crippen LogP contribution is -2.45. The van der Waals surface area contributed by atoms with Crippen molar-refractivity contribution in [2.75, 3.05) is 31.2 Å². The quantitative estimate of drug-likeness (QED) is 0.746. The number of nitrogens with zero attached hydrogens (tertiary/aromatic N) is 3. The minimum atomic E-state index is -0.370. The number of ether oxygens (including phenoxy) is 2. The van der Waals surface area contributed by atoms with Crippen molar-refractivity contribution in [2.45, 2.75) is 18.6 Å². The molecule has 0 aliphatic carbocycles. The Morgan fingerprint density at radius 2 is 2.00 bits per heavy atom. The summed E-state index contributed by atoms with van der Waals surface area (Å²) in [6, 6.07) is 3.96. The highest BCUT2D eigenvalue weighted by Gasteiger charge is 2.40. The van der Waals surface area contributed by atoms with Crippen LogP contribution in [0, 0.1) is 11.3 Å². The third-order valence-electron chi connectivity index (χ3n) is 3.60. The van der Waals surface area contributed by atoms with E-state index < -0.39 is 0 Å². The number of piperidine rings is 1. The highest BCUT2D eigenvalue weighted by atomic mass is 16.7. The standard InChI is InChI=1S/C13H15N3O2/c14-9-11-1-4-15-10-12(11)16-5-2-13(3-6-16)17-7-8-18-13/h1,4,10H,2-3,5-8H2. The molecule has 0 atom stereocenters. The van der Waals surface area contributed by atoms with Gasteiger partial charge in [0, 0.05) is 32.1 Å². The third-order valence-corrected chi connectivity index (χ3v) is 3.60. The van der Waals surface area contributed by atoms with Crippen molar-refractivity contribution in [1.29, 1.82) is 5.26 Å². The molecule has 2 fully saturated rings. The molecular formula is C13H15N3O2. The van der Waals surface area contributed by atoms with E-state index in [-0.39, 0.29) is 5.79 Å². The SMILES string of the molecule is N#Cc1ccncc1N1CCC2(CC1)OCCO2. The second-order valence-electron chi connectivity index (χ2n) is 4.60. The molecule has 1 spiro atoms. The van der Waals surface area contributed by atoms with Gasteiger partial charge in [-0.1, -0.05) is 0 Å². The zero-order valence-electron chi connectivity index (χ0n) is 10.1. The van der Waals surface area contributed by atoms with Crippen LogP contribution in [0.2, 0.25) is 0 Å². The van der Waals surface area contributed by atoms with Gasteiger partial charge in [-0.05, 0) is 6.07 Å². The number of anilines is 1. The van der Waals surface area contributed by atoms with Gasteiger partial charge < -0.3 is 14.4 Å². The Hall–Kier alpha value is -1.64. The predicted molar refractivity (Wildman–Crippen MR) is 65.0 cm³/mol. The van der Waals surface area contributed by atoms with Gasteiger partial charge in [-0.3, -0.25) is 4.98 Å². The second kappa shape index (κ2) is 4.56. The molecule has 1 aromatic heterocycles. The molecule has 0 aromatic carbocycles. The summed E-state index contributed by atoms with van der Waals surface area (Å²) in [6.45, 7) is 3.05. The van der Waals surface area contributed by atoms with E-state index in [0.717, 1.165) is 31.6 Å². The van der Waals surface area contributed by atoms with Gasteiger partial charge in [0.05, 0.1) is 30.7 Å². The number of nitriles is 1. The van der Waals surface area contributed by atoms with Crippen LogP contribution in [-0.4, -0.2) is 37.1 Å². The number of aromatic nitrogens is 1. The molecule has 0 unspecified atom stereocenters. The first-order chi connectivity index (χ1) is 8.83. The molecule has 3 heterocycles. The number of hydrogen-bond acceptors (Lipinski definition) is 5. The Balaban J connectivity index is 1.74. The van der Waals surface area contributed by atoms with Crippen LogP contribution < -0.4 is 4.90 Å². The van der Waals surface area contributed by atoms with E-state index in [2.05, 4.69) is 16.0 Å². The van der Waals surface area contributed by atoms with Gasteiger partial charge in [-0.25, -0.2) is 0 Å². The van der Waals surface area contributed by atoms with Crippen LogP contribution in [0.25, 0.3) is 0 Å². The topological polar surface area (TPSA) is 58.4 Å². The molecule has 2 aliphatic heterocycles. The van der Waals surface area contributed by atoms with Crippen LogP contribution >= 0.6 is 0 Å². The smallest absolute Gasteiger partial charge is 0.171 e. The Morgan fingerprint density at radius 3 is 2.67 bits per heavy atom. The molecule has 5 nitrogen and oxygen atoms in total. The molecule has 3 rings (SSSR count). The van der Waals surface area contributed by atoms with Gasteiger partial charge in [0.15, 0.2) is 5.79 Å². The third kappa shape index (κ3) is 1.94. The second-order valence-corrected chi connectivity index (χ2v) is 4.60. The van der Waals surface area contributed by atoms with Crippen LogP contribution in [-0.2, 0) is 9.47 Å². The van der Waals surface area contributed by atoms with Gasteiger partial charge in [-0.2, -0.15) is 5.26 Å². The molecule has 94 valence electrons. The van der Waals surface area contributed by atoms with Crippen LogP contribution in [0.3, 0.4) is 0 Å². The van der Waals surface area contributed by atoms with E-state index in [1.54, 1.807) is 18.5 Å². The minimum Gasteiger partial charge on any atom is -0.369 e. The molecule has 5 heteroatoms. The summed E-state index contributed by atoms with van der Waals surface area (Å²) in [6.07, 6.45) is 5.09. The summed E-state index contributed by atoms with van der Waals surface area (Å²) in [4.78, 5) is 6.28. The molecule has 2 aliphatic rings. The van der Waals surface area contributed by atoms with Crippen LogP contribution in [0.1, 0.15) is 18.4 Å². The van der Waals surface area contributed by atoms with Crippen molar-refractivity contribution in [3.63, 3.8) is 0 Å². The van der Waals surface area contributed by atoms with E-state index in [9.17, 15) is 0 Å². The number of pyridine rings is 1. The van der Waals surface area contributed by atoms with Crippen LogP contribution in [0.4, 0.5) is 5.69 Å². The van der Waals surface area contributed by atoms with Gasteiger partial charge >= 0.3 is 0 Å². The van der Waals surface area contributed by atoms with Crippen molar-refractivity contribution in [3.05, 3.63) is 24.0 Å². The highest BCUT2D eigenvalue weighted by molar-refractivity contribution is 5.57. The van der Waals surface area contributed by atoms with E-state index in [0.29, 0.717) is 18.8 Å². The maximum Gasteiger partial charge on any atom is 0.171 e. The lowest BCUT2D eigenvalue weighted by Gasteiger charge is -2.38. The molecule has 1 aromatic rings. The Kier molecular flexibility index (Phi) is 2.90. The van der Waals surface area contributed by atoms with Gasteiger partial charge in [-0.15, -0.1) is 0 Å². The lowest BCUT2D eigenvalue weighted by molar-refractivity contribution is -0.169. The average Bonchev–Trinajstić information content (AvgIpc) is 2.88. The Labute approximate surface area is 106 Å². The van der Waals surface area contributed by atoms with Crippen molar-refractivity contribution in [1.82, 2.24) is 4.98 Å². The molecule has 0 amide bonds. The van der Waals surface area contributed by atoms with Crippen LogP contribution in [0.5, 0.6) is 0 Å². The van der Waals surface area contributed by atoms with Crippen molar-refractivity contribution < 1.29 is 9.47 Å². The highest BCUT2D eigenvalue weighted by Crippen LogP contribution is 2.33. The fraction of sp³-hybridized carbons (Fsp3) is 0.538. The monoisotopic (exact) mass is 245 g/mol. The summed E-state index contributed by atoms with van der Waals surface area (Å²) in [5.41, 5.74) is 1.59. The maximum atomic E-state index is 9.10. The largest absolute Gasteiger partial charge is 0.369 e. The predicted octanol–water partition coefficient (Wildman–Crippen LogP) is 1.30. The summed E-state index contributed by atoms with van der Waals surface area (Å²) < 4.78 is 11.4. The Bertz CT molecular complexity index is 467. The Morgan fingerprint density at radius 1 is 1.28 bits per heavy atom. The summed E-state index contributed by atoms with van der Waals surface area (Å²) >= 11 is 0. The van der Waals surface area contributed by atoms with Gasteiger partial charge in [0.25, 0.3) is 0 Å². The fourth-order valence-electron chi connectivity index (χ4n) is 2.61.